The molecule has 1 atom stereocenters. The molecule has 1 aliphatic rings. The van der Waals surface area contributed by atoms with Gasteiger partial charge in [0, 0.05) is 43.1 Å². The van der Waals surface area contributed by atoms with Crippen molar-refractivity contribution in [2.75, 3.05) is 5.88 Å². The van der Waals surface area contributed by atoms with E-state index in [0.717, 1.165) is 5.82 Å². The van der Waals surface area contributed by atoms with Crippen molar-refractivity contribution in [3.8, 4) is 0 Å². The van der Waals surface area contributed by atoms with Crippen molar-refractivity contribution in [2.45, 2.75) is 32.0 Å². The minimum Gasteiger partial charge on any atom is -0.333 e. The first-order valence-corrected chi connectivity index (χ1v) is 8.02. The fourth-order valence-corrected chi connectivity index (χ4v) is 3.15. The van der Waals surface area contributed by atoms with E-state index in [1.807, 2.05) is 4.57 Å². The van der Waals surface area contributed by atoms with Gasteiger partial charge in [-0.25, -0.2) is 18.2 Å². The summed E-state index contributed by atoms with van der Waals surface area (Å²) >= 11 is 5.66. The Labute approximate surface area is 141 Å². The maximum absolute atomic E-state index is 13.9. The zero-order chi connectivity index (χ0) is 17.3. The monoisotopic (exact) mass is 357 g/mol. The van der Waals surface area contributed by atoms with Gasteiger partial charge in [-0.3, -0.25) is 4.79 Å². The number of hydrogen-bond donors (Lipinski definition) is 0. The van der Waals surface area contributed by atoms with E-state index in [4.69, 9.17) is 11.6 Å². The van der Waals surface area contributed by atoms with Gasteiger partial charge in [0.15, 0.2) is 0 Å². The molecule has 0 bridgehead atoms. The molecule has 1 aromatic carbocycles. The van der Waals surface area contributed by atoms with Crippen LogP contribution >= 0.6 is 11.6 Å². The minimum atomic E-state index is -1.01. The van der Waals surface area contributed by atoms with Crippen LogP contribution in [0.5, 0.6) is 0 Å². The molecule has 0 radical (unpaired) electrons. The van der Waals surface area contributed by atoms with Crippen LogP contribution < -0.4 is 0 Å². The van der Waals surface area contributed by atoms with E-state index < -0.39 is 23.4 Å². The number of carbonyl (C=O) groups is 1. The van der Waals surface area contributed by atoms with Gasteiger partial charge in [0.2, 0.25) is 5.91 Å². The molecular formula is C16H15ClF3N3O. The highest BCUT2D eigenvalue weighted by atomic mass is 35.5. The topological polar surface area (TPSA) is 38.1 Å². The smallest absolute Gasteiger partial charge is 0.238 e. The van der Waals surface area contributed by atoms with Crippen molar-refractivity contribution >= 4 is 17.5 Å². The van der Waals surface area contributed by atoms with Crippen LogP contribution in [0.25, 0.3) is 0 Å². The molecule has 2 heterocycles. The largest absolute Gasteiger partial charge is 0.333 e. The van der Waals surface area contributed by atoms with Gasteiger partial charge in [0.25, 0.3) is 0 Å². The average Bonchev–Trinajstić information content (AvgIpc) is 3.01. The zero-order valence-electron chi connectivity index (χ0n) is 12.7. The van der Waals surface area contributed by atoms with Gasteiger partial charge in [0.05, 0.1) is 12.6 Å². The Bertz CT molecular complexity index is 742. The minimum absolute atomic E-state index is 0.262. The third-order valence-corrected chi connectivity index (χ3v) is 4.45. The Kier molecular flexibility index (Phi) is 4.80. The number of aryl methyl sites for hydroxylation is 1. The van der Waals surface area contributed by atoms with Crippen molar-refractivity contribution in [3.05, 3.63) is 53.4 Å². The summed E-state index contributed by atoms with van der Waals surface area (Å²) in [5.74, 6) is -2.84. The SMILES string of the molecule is O=C(CCl)N(Cc1c(F)cc(F)cc1F)C1CCc2nccn2C1. The van der Waals surface area contributed by atoms with Crippen molar-refractivity contribution < 1.29 is 18.0 Å². The summed E-state index contributed by atoms with van der Waals surface area (Å²) in [6.45, 7) is 0.181. The summed E-state index contributed by atoms with van der Waals surface area (Å²) in [5.41, 5.74) is -0.341. The van der Waals surface area contributed by atoms with Crippen LogP contribution in [0.15, 0.2) is 24.5 Å². The summed E-state index contributed by atoms with van der Waals surface area (Å²) in [4.78, 5) is 17.8. The number of imidazole rings is 1. The van der Waals surface area contributed by atoms with Crippen LogP contribution in [-0.4, -0.2) is 32.3 Å². The molecule has 1 amide bonds. The van der Waals surface area contributed by atoms with E-state index in [-0.39, 0.29) is 24.0 Å². The van der Waals surface area contributed by atoms with Gasteiger partial charge >= 0.3 is 0 Å². The first kappa shape index (κ1) is 16.8. The number of nitrogens with zero attached hydrogens (tertiary/aromatic N) is 3. The lowest BCUT2D eigenvalue weighted by molar-refractivity contribution is -0.132. The lowest BCUT2D eigenvalue weighted by atomic mass is 10.0. The van der Waals surface area contributed by atoms with Gasteiger partial charge in [-0.1, -0.05) is 0 Å². The number of alkyl halides is 1. The van der Waals surface area contributed by atoms with Gasteiger partial charge in [-0.2, -0.15) is 0 Å². The summed E-state index contributed by atoms with van der Waals surface area (Å²) in [7, 11) is 0. The average molecular weight is 358 g/mol. The van der Waals surface area contributed by atoms with Crippen molar-refractivity contribution in [2.24, 2.45) is 0 Å². The van der Waals surface area contributed by atoms with E-state index in [1.54, 1.807) is 12.4 Å². The van der Waals surface area contributed by atoms with Crippen molar-refractivity contribution in [1.82, 2.24) is 14.5 Å². The van der Waals surface area contributed by atoms with Gasteiger partial charge in [-0.05, 0) is 6.42 Å². The highest BCUT2D eigenvalue weighted by Gasteiger charge is 2.29. The molecule has 0 spiro atoms. The summed E-state index contributed by atoms with van der Waals surface area (Å²) in [6, 6.07) is 0.953. The van der Waals surface area contributed by atoms with E-state index in [0.29, 0.717) is 31.5 Å². The number of amides is 1. The molecule has 1 aromatic heterocycles. The highest BCUT2D eigenvalue weighted by molar-refractivity contribution is 6.27. The van der Waals surface area contributed by atoms with Gasteiger partial charge < -0.3 is 9.47 Å². The molecule has 0 saturated carbocycles. The number of hydrogen-bond acceptors (Lipinski definition) is 2. The number of fused-ring (bicyclic) bond motifs is 1. The number of benzene rings is 1. The molecule has 2 aromatic rings. The van der Waals surface area contributed by atoms with Crippen LogP contribution in [0.1, 0.15) is 17.8 Å². The lowest BCUT2D eigenvalue weighted by Crippen LogP contribution is -2.45. The second-order valence-corrected chi connectivity index (χ2v) is 5.96. The zero-order valence-corrected chi connectivity index (χ0v) is 13.4. The maximum Gasteiger partial charge on any atom is 0.238 e. The third kappa shape index (κ3) is 3.26. The molecule has 0 fully saturated rings. The molecule has 24 heavy (non-hydrogen) atoms. The van der Waals surface area contributed by atoms with Crippen LogP contribution in [0.3, 0.4) is 0 Å². The molecule has 8 heteroatoms. The molecular weight excluding hydrogens is 343 g/mol. The maximum atomic E-state index is 13.9. The number of aromatic nitrogens is 2. The fourth-order valence-electron chi connectivity index (χ4n) is 2.99. The third-order valence-electron chi connectivity index (χ3n) is 4.22. The summed E-state index contributed by atoms with van der Waals surface area (Å²) in [6.07, 6.45) is 4.73. The van der Waals surface area contributed by atoms with Crippen molar-refractivity contribution in [3.63, 3.8) is 0 Å². The summed E-state index contributed by atoms with van der Waals surface area (Å²) < 4.78 is 42.8. The second kappa shape index (κ2) is 6.84. The van der Waals surface area contributed by atoms with Crippen molar-refractivity contribution in [1.29, 1.82) is 0 Å². The number of carbonyl (C=O) groups excluding carboxylic acids is 1. The predicted molar refractivity (Wildman–Crippen MR) is 81.9 cm³/mol. The van der Waals surface area contributed by atoms with E-state index in [2.05, 4.69) is 4.98 Å². The molecule has 1 unspecified atom stereocenters. The quantitative estimate of drug-likeness (QED) is 0.789. The van der Waals surface area contributed by atoms with Gasteiger partial charge in [0.1, 0.15) is 29.2 Å². The molecule has 4 nitrogen and oxygen atoms in total. The first-order chi connectivity index (χ1) is 11.5. The molecule has 0 N–H and O–H groups in total. The second-order valence-electron chi connectivity index (χ2n) is 5.69. The van der Waals surface area contributed by atoms with E-state index in [9.17, 15) is 18.0 Å². The van der Waals surface area contributed by atoms with Crippen LogP contribution in [0, 0.1) is 17.5 Å². The summed E-state index contributed by atoms with van der Waals surface area (Å²) in [5, 5.41) is 0. The Hall–Kier alpha value is -2.02. The van der Waals surface area contributed by atoms with E-state index >= 15 is 0 Å². The van der Waals surface area contributed by atoms with Crippen LogP contribution in [-0.2, 0) is 24.3 Å². The van der Waals surface area contributed by atoms with Crippen LogP contribution in [0.2, 0.25) is 0 Å². The molecule has 0 aliphatic carbocycles. The number of rotatable bonds is 4. The van der Waals surface area contributed by atoms with Gasteiger partial charge in [-0.15, -0.1) is 11.6 Å². The first-order valence-electron chi connectivity index (χ1n) is 7.48. The van der Waals surface area contributed by atoms with Crippen LogP contribution in [0.4, 0.5) is 13.2 Å². The predicted octanol–water partition coefficient (Wildman–Crippen LogP) is 2.88. The molecule has 1 aliphatic heterocycles. The normalized spacial score (nSPS) is 16.8. The molecule has 128 valence electrons. The fraction of sp³-hybridized carbons (Fsp3) is 0.375. The highest BCUT2D eigenvalue weighted by Crippen LogP contribution is 2.23. The Morgan fingerprint density at radius 3 is 2.71 bits per heavy atom. The number of halogens is 4. The standard InChI is InChI=1S/C16H15ClF3N3O/c17-7-16(24)23(9-12-13(19)5-10(18)6-14(12)20)11-1-2-15-21-3-4-22(15)8-11/h3-6,11H,1-2,7-9H2. The Balaban J connectivity index is 1.87. The Morgan fingerprint density at radius 1 is 1.33 bits per heavy atom. The molecule has 3 rings (SSSR count). The van der Waals surface area contributed by atoms with E-state index in [1.165, 1.54) is 4.90 Å². The lowest BCUT2D eigenvalue weighted by Gasteiger charge is -2.35. The molecule has 0 saturated heterocycles. The Morgan fingerprint density at radius 2 is 2.04 bits per heavy atom.